The number of primary amides is 1. The maximum Gasteiger partial charge on any atom is 0.255 e. The highest BCUT2D eigenvalue weighted by Crippen LogP contribution is 2.19. The fourth-order valence-corrected chi connectivity index (χ4v) is 2.59. The number of rotatable bonds is 4. The van der Waals surface area contributed by atoms with Crippen molar-refractivity contribution in [2.24, 2.45) is 5.73 Å². The number of anilines is 2. The molecule has 0 bridgehead atoms. The van der Waals surface area contributed by atoms with Gasteiger partial charge in [-0.15, -0.1) is 0 Å². The number of ether oxygens (including phenoxy) is 1. The fraction of sp³-hybridized carbons (Fsp3) is 0.222. The van der Waals surface area contributed by atoms with Crippen molar-refractivity contribution in [2.45, 2.75) is 0 Å². The van der Waals surface area contributed by atoms with Gasteiger partial charge in [-0.05, 0) is 42.5 Å². The summed E-state index contributed by atoms with van der Waals surface area (Å²) < 4.78 is 5.34. The Bertz CT molecular complexity index is 737. The molecule has 24 heavy (non-hydrogen) atoms. The molecule has 0 radical (unpaired) electrons. The number of benzene rings is 2. The fourth-order valence-electron chi connectivity index (χ4n) is 2.59. The van der Waals surface area contributed by atoms with E-state index in [1.165, 1.54) is 6.07 Å². The van der Waals surface area contributed by atoms with Crippen LogP contribution in [0.4, 0.5) is 11.4 Å². The summed E-state index contributed by atoms with van der Waals surface area (Å²) in [7, 11) is 0. The Morgan fingerprint density at radius 1 is 1.00 bits per heavy atom. The number of nitrogens with zero attached hydrogens (tertiary/aromatic N) is 1. The summed E-state index contributed by atoms with van der Waals surface area (Å²) >= 11 is 0. The van der Waals surface area contributed by atoms with Crippen LogP contribution in [-0.4, -0.2) is 38.1 Å². The molecule has 1 fully saturated rings. The predicted octanol–water partition coefficient (Wildman–Crippen LogP) is 1.87. The van der Waals surface area contributed by atoms with Gasteiger partial charge in [0.05, 0.1) is 13.2 Å². The van der Waals surface area contributed by atoms with Gasteiger partial charge in [-0.1, -0.05) is 6.07 Å². The summed E-state index contributed by atoms with van der Waals surface area (Å²) in [6.45, 7) is 3.20. The number of carbonyl (C=O) groups excluding carboxylic acids is 2. The first-order chi connectivity index (χ1) is 11.6. The minimum atomic E-state index is -0.556. The number of nitrogens with one attached hydrogen (secondary N) is 1. The highest BCUT2D eigenvalue weighted by molar-refractivity contribution is 6.06. The Hall–Kier alpha value is -2.86. The van der Waals surface area contributed by atoms with Crippen LogP contribution in [0.3, 0.4) is 0 Å². The molecular formula is C18H19N3O3. The largest absolute Gasteiger partial charge is 0.378 e. The third kappa shape index (κ3) is 3.72. The van der Waals surface area contributed by atoms with Crippen molar-refractivity contribution in [2.75, 3.05) is 36.5 Å². The van der Waals surface area contributed by atoms with E-state index in [4.69, 9.17) is 10.5 Å². The van der Waals surface area contributed by atoms with Crippen molar-refractivity contribution >= 4 is 23.2 Å². The molecule has 2 amide bonds. The van der Waals surface area contributed by atoms with Gasteiger partial charge in [0.15, 0.2) is 0 Å². The number of hydrogen-bond donors (Lipinski definition) is 2. The second-order valence-corrected chi connectivity index (χ2v) is 5.55. The Kier molecular flexibility index (Phi) is 4.77. The Balaban J connectivity index is 1.68. The minimum Gasteiger partial charge on any atom is -0.378 e. The summed E-state index contributed by atoms with van der Waals surface area (Å²) in [5.41, 5.74) is 7.74. The van der Waals surface area contributed by atoms with E-state index in [0.29, 0.717) is 16.8 Å². The van der Waals surface area contributed by atoms with Crippen molar-refractivity contribution in [3.8, 4) is 0 Å². The monoisotopic (exact) mass is 325 g/mol. The molecule has 124 valence electrons. The highest BCUT2D eigenvalue weighted by Gasteiger charge is 2.12. The third-order valence-electron chi connectivity index (χ3n) is 3.91. The molecule has 1 heterocycles. The Labute approximate surface area is 140 Å². The second-order valence-electron chi connectivity index (χ2n) is 5.55. The van der Waals surface area contributed by atoms with E-state index >= 15 is 0 Å². The normalized spacial score (nSPS) is 14.2. The molecule has 2 aromatic rings. The van der Waals surface area contributed by atoms with Crippen LogP contribution in [0.5, 0.6) is 0 Å². The van der Waals surface area contributed by atoms with Gasteiger partial charge < -0.3 is 20.7 Å². The van der Waals surface area contributed by atoms with Crippen LogP contribution in [0, 0.1) is 0 Å². The van der Waals surface area contributed by atoms with Crippen molar-refractivity contribution in [3.63, 3.8) is 0 Å². The van der Waals surface area contributed by atoms with Crippen molar-refractivity contribution in [1.29, 1.82) is 0 Å². The molecule has 1 saturated heterocycles. The van der Waals surface area contributed by atoms with Crippen LogP contribution < -0.4 is 16.0 Å². The minimum absolute atomic E-state index is 0.280. The van der Waals surface area contributed by atoms with Crippen LogP contribution in [0.2, 0.25) is 0 Å². The highest BCUT2D eigenvalue weighted by atomic mass is 16.5. The molecule has 6 nitrogen and oxygen atoms in total. The first kappa shape index (κ1) is 16.0. The van der Waals surface area contributed by atoms with Gasteiger partial charge in [0.1, 0.15) is 0 Å². The van der Waals surface area contributed by atoms with Gasteiger partial charge >= 0.3 is 0 Å². The van der Waals surface area contributed by atoms with Crippen LogP contribution in [0.15, 0.2) is 48.5 Å². The second kappa shape index (κ2) is 7.14. The lowest BCUT2D eigenvalue weighted by molar-refractivity contribution is 0.1000. The summed E-state index contributed by atoms with van der Waals surface area (Å²) in [5, 5.41) is 2.82. The standard InChI is InChI=1S/C18H19N3O3/c19-17(22)13-2-1-3-14(12-13)18(23)20-15-4-6-16(7-5-15)21-8-10-24-11-9-21/h1-7,12H,8-11H2,(H2,19,22)(H,20,23). The van der Waals surface area contributed by atoms with E-state index in [0.717, 1.165) is 32.0 Å². The van der Waals surface area contributed by atoms with Crippen molar-refractivity contribution in [1.82, 2.24) is 0 Å². The van der Waals surface area contributed by atoms with Crippen molar-refractivity contribution < 1.29 is 14.3 Å². The zero-order chi connectivity index (χ0) is 16.9. The van der Waals surface area contributed by atoms with E-state index in [1.54, 1.807) is 18.2 Å². The van der Waals surface area contributed by atoms with E-state index in [9.17, 15) is 9.59 Å². The molecule has 0 atom stereocenters. The molecule has 6 heteroatoms. The smallest absolute Gasteiger partial charge is 0.255 e. The van der Waals surface area contributed by atoms with Crippen molar-refractivity contribution in [3.05, 3.63) is 59.7 Å². The average Bonchev–Trinajstić information content (AvgIpc) is 2.63. The molecular weight excluding hydrogens is 306 g/mol. The Morgan fingerprint density at radius 2 is 1.67 bits per heavy atom. The molecule has 0 unspecified atom stereocenters. The van der Waals surface area contributed by atoms with Gasteiger partial charge in [-0.2, -0.15) is 0 Å². The zero-order valence-corrected chi connectivity index (χ0v) is 13.2. The van der Waals surface area contributed by atoms with Crippen LogP contribution in [0.25, 0.3) is 0 Å². The lowest BCUT2D eigenvalue weighted by Crippen LogP contribution is -2.36. The predicted molar refractivity (Wildman–Crippen MR) is 92.4 cm³/mol. The quantitative estimate of drug-likeness (QED) is 0.899. The van der Waals surface area contributed by atoms with E-state index in [-0.39, 0.29) is 5.91 Å². The van der Waals surface area contributed by atoms with E-state index in [2.05, 4.69) is 10.2 Å². The molecule has 3 N–H and O–H groups in total. The number of nitrogens with two attached hydrogens (primary N) is 1. The van der Waals surface area contributed by atoms with E-state index in [1.807, 2.05) is 24.3 Å². The SMILES string of the molecule is NC(=O)c1cccc(C(=O)Nc2ccc(N3CCOCC3)cc2)c1. The van der Waals surface area contributed by atoms with Gasteiger partial charge in [-0.3, -0.25) is 9.59 Å². The van der Waals surface area contributed by atoms with Gasteiger partial charge in [0.2, 0.25) is 5.91 Å². The van der Waals surface area contributed by atoms with Crippen LogP contribution >= 0.6 is 0 Å². The molecule has 2 aromatic carbocycles. The molecule has 0 saturated carbocycles. The summed E-state index contributed by atoms with van der Waals surface area (Å²) in [6, 6.07) is 14.0. The lowest BCUT2D eigenvalue weighted by atomic mass is 10.1. The van der Waals surface area contributed by atoms with Crippen LogP contribution in [-0.2, 0) is 4.74 Å². The third-order valence-corrected chi connectivity index (χ3v) is 3.91. The summed E-state index contributed by atoms with van der Waals surface area (Å²) in [5.74, 6) is -0.836. The first-order valence-corrected chi connectivity index (χ1v) is 7.77. The van der Waals surface area contributed by atoms with E-state index < -0.39 is 5.91 Å². The molecule has 1 aliphatic rings. The topological polar surface area (TPSA) is 84.7 Å². The van der Waals surface area contributed by atoms with Gasteiger partial charge in [-0.25, -0.2) is 0 Å². The number of morpholine rings is 1. The molecule has 0 aromatic heterocycles. The molecule has 1 aliphatic heterocycles. The maximum absolute atomic E-state index is 12.3. The molecule has 0 aliphatic carbocycles. The Morgan fingerprint density at radius 3 is 2.33 bits per heavy atom. The summed E-state index contributed by atoms with van der Waals surface area (Å²) in [6.07, 6.45) is 0. The maximum atomic E-state index is 12.3. The number of hydrogen-bond acceptors (Lipinski definition) is 4. The first-order valence-electron chi connectivity index (χ1n) is 7.77. The van der Waals surface area contributed by atoms with Crippen LogP contribution in [0.1, 0.15) is 20.7 Å². The summed E-state index contributed by atoms with van der Waals surface area (Å²) in [4.78, 5) is 25.7. The van der Waals surface area contributed by atoms with Gasteiger partial charge in [0, 0.05) is 35.6 Å². The molecule has 3 rings (SSSR count). The number of amides is 2. The average molecular weight is 325 g/mol. The molecule has 0 spiro atoms. The number of carbonyl (C=O) groups is 2. The lowest BCUT2D eigenvalue weighted by Gasteiger charge is -2.28. The van der Waals surface area contributed by atoms with Gasteiger partial charge in [0.25, 0.3) is 5.91 Å². The zero-order valence-electron chi connectivity index (χ0n) is 13.2.